The topological polar surface area (TPSA) is 73.6 Å². The van der Waals surface area contributed by atoms with Crippen LogP contribution in [0, 0.1) is 5.82 Å². The zero-order valence-corrected chi connectivity index (χ0v) is 16.6. The third kappa shape index (κ3) is 2.98. The highest BCUT2D eigenvalue weighted by molar-refractivity contribution is 5.64. The Labute approximate surface area is 173 Å². The summed E-state index contributed by atoms with van der Waals surface area (Å²) < 4.78 is 14.9. The lowest BCUT2D eigenvalue weighted by Crippen LogP contribution is -2.43. The van der Waals surface area contributed by atoms with Gasteiger partial charge in [-0.25, -0.2) is 4.39 Å². The van der Waals surface area contributed by atoms with Crippen molar-refractivity contribution in [1.29, 1.82) is 0 Å². The number of fused-ring (bicyclic) bond motifs is 3. The molecule has 30 heavy (non-hydrogen) atoms. The van der Waals surface area contributed by atoms with E-state index in [1.54, 1.807) is 19.3 Å². The number of aromatic nitrogens is 2. The molecule has 0 radical (unpaired) electrons. The van der Waals surface area contributed by atoms with Gasteiger partial charge in [0.15, 0.2) is 11.8 Å². The van der Waals surface area contributed by atoms with E-state index in [0.717, 1.165) is 47.6 Å². The molecule has 1 fully saturated rings. The number of piperazine rings is 1. The summed E-state index contributed by atoms with van der Waals surface area (Å²) in [6, 6.07) is 10.1. The first-order valence-corrected chi connectivity index (χ1v) is 10.0. The zero-order valence-electron chi connectivity index (χ0n) is 16.6. The summed E-state index contributed by atoms with van der Waals surface area (Å²) in [5, 5.41) is 24.5. The van der Waals surface area contributed by atoms with Gasteiger partial charge in [-0.1, -0.05) is 24.3 Å². The molecular weight excluding hydrogens is 383 g/mol. The first kappa shape index (κ1) is 18.8. The molecule has 0 spiro atoms. The van der Waals surface area contributed by atoms with E-state index in [4.69, 9.17) is 0 Å². The molecule has 2 atom stereocenters. The van der Waals surface area contributed by atoms with Crippen LogP contribution in [0.25, 0.3) is 17.2 Å². The van der Waals surface area contributed by atoms with Crippen molar-refractivity contribution >= 4 is 6.08 Å². The van der Waals surface area contributed by atoms with E-state index in [1.165, 1.54) is 16.7 Å². The first-order valence-electron chi connectivity index (χ1n) is 10.0. The number of benzene rings is 1. The molecule has 5 rings (SSSR count). The van der Waals surface area contributed by atoms with Crippen LogP contribution in [-0.2, 0) is 7.05 Å². The molecule has 1 saturated heterocycles. The van der Waals surface area contributed by atoms with Crippen LogP contribution in [0.2, 0.25) is 0 Å². The second kappa shape index (κ2) is 7.27. The van der Waals surface area contributed by atoms with E-state index in [2.05, 4.69) is 15.2 Å². The standard InChI is InChI=1S/C23H23FN4O2/c1-27-22(29)20-18(28-10-9-25-13-19(28)21(20)23(27)30)8-7-17-6-5-15(12-26-17)14-3-2-4-16(24)11-14/h2-8,11-12,18-19,25,29-30H,9-10,13H2,1H3. The summed E-state index contributed by atoms with van der Waals surface area (Å²) >= 11 is 0. The number of nitrogens with one attached hydrogen (secondary N) is 1. The SMILES string of the molecule is Cn1c(O)c2c(c1O)C1CNCCN1C2C=Cc1ccc(-c2cccc(F)c2)cn1. The maximum atomic E-state index is 13.5. The van der Waals surface area contributed by atoms with E-state index in [-0.39, 0.29) is 29.7 Å². The smallest absolute Gasteiger partial charge is 0.199 e. The molecular formula is C23H23FN4O2. The lowest BCUT2D eigenvalue weighted by molar-refractivity contribution is 0.150. The summed E-state index contributed by atoms with van der Waals surface area (Å²) in [6.45, 7) is 2.41. The molecule has 7 heteroatoms. The zero-order chi connectivity index (χ0) is 20.8. The Hall–Kier alpha value is -3.16. The number of aromatic hydroxyl groups is 2. The number of hydrogen-bond acceptors (Lipinski definition) is 5. The Morgan fingerprint density at radius 3 is 2.73 bits per heavy atom. The predicted octanol–water partition coefficient (Wildman–Crippen LogP) is 3.35. The molecule has 4 heterocycles. The molecule has 2 aromatic heterocycles. The van der Waals surface area contributed by atoms with Crippen LogP contribution >= 0.6 is 0 Å². The fraction of sp³-hybridized carbons (Fsp3) is 0.261. The Morgan fingerprint density at radius 1 is 1.13 bits per heavy atom. The summed E-state index contributed by atoms with van der Waals surface area (Å²) in [5.41, 5.74) is 3.96. The minimum Gasteiger partial charge on any atom is -0.494 e. The molecule has 2 aliphatic rings. The fourth-order valence-corrected chi connectivity index (χ4v) is 4.55. The van der Waals surface area contributed by atoms with E-state index in [0.29, 0.717) is 0 Å². The largest absolute Gasteiger partial charge is 0.494 e. The molecule has 3 N–H and O–H groups in total. The highest BCUT2D eigenvalue weighted by atomic mass is 19.1. The van der Waals surface area contributed by atoms with Gasteiger partial charge in [-0.2, -0.15) is 0 Å². The van der Waals surface area contributed by atoms with Crippen molar-refractivity contribution in [2.45, 2.75) is 12.1 Å². The van der Waals surface area contributed by atoms with Crippen molar-refractivity contribution in [2.75, 3.05) is 19.6 Å². The van der Waals surface area contributed by atoms with Gasteiger partial charge in [-0.15, -0.1) is 0 Å². The molecule has 0 bridgehead atoms. The lowest BCUT2D eigenvalue weighted by Gasteiger charge is -2.34. The summed E-state index contributed by atoms with van der Waals surface area (Å²) in [7, 11) is 1.66. The predicted molar refractivity (Wildman–Crippen MR) is 112 cm³/mol. The van der Waals surface area contributed by atoms with Crippen molar-refractivity contribution in [1.82, 2.24) is 19.8 Å². The van der Waals surface area contributed by atoms with Gasteiger partial charge in [0.1, 0.15) is 5.82 Å². The van der Waals surface area contributed by atoms with Crippen molar-refractivity contribution in [2.24, 2.45) is 7.05 Å². The molecule has 0 saturated carbocycles. The maximum Gasteiger partial charge on any atom is 0.199 e. The number of hydrogen-bond donors (Lipinski definition) is 3. The highest BCUT2D eigenvalue weighted by Gasteiger charge is 2.44. The van der Waals surface area contributed by atoms with E-state index >= 15 is 0 Å². The van der Waals surface area contributed by atoms with Crippen LogP contribution < -0.4 is 5.32 Å². The molecule has 3 aromatic rings. The Morgan fingerprint density at radius 2 is 1.97 bits per heavy atom. The molecule has 6 nitrogen and oxygen atoms in total. The van der Waals surface area contributed by atoms with Gasteiger partial charge in [-0.05, 0) is 29.8 Å². The lowest BCUT2D eigenvalue weighted by atomic mass is 10.1. The van der Waals surface area contributed by atoms with Crippen LogP contribution in [0.3, 0.4) is 0 Å². The van der Waals surface area contributed by atoms with Gasteiger partial charge in [0, 0.05) is 49.6 Å². The van der Waals surface area contributed by atoms with Crippen LogP contribution in [0.15, 0.2) is 48.7 Å². The van der Waals surface area contributed by atoms with Gasteiger partial charge in [0.05, 0.1) is 17.8 Å². The number of rotatable bonds is 3. The van der Waals surface area contributed by atoms with Gasteiger partial charge in [0.25, 0.3) is 0 Å². The van der Waals surface area contributed by atoms with E-state index in [1.807, 2.05) is 30.4 Å². The Balaban J connectivity index is 1.44. The Kier molecular flexibility index (Phi) is 4.56. The van der Waals surface area contributed by atoms with Crippen molar-refractivity contribution in [3.05, 3.63) is 71.3 Å². The van der Waals surface area contributed by atoms with Crippen molar-refractivity contribution < 1.29 is 14.6 Å². The van der Waals surface area contributed by atoms with Gasteiger partial charge >= 0.3 is 0 Å². The molecule has 1 aromatic carbocycles. The first-order chi connectivity index (χ1) is 14.5. The van der Waals surface area contributed by atoms with Gasteiger partial charge in [0.2, 0.25) is 0 Å². The minimum atomic E-state index is -0.273. The fourth-order valence-electron chi connectivity index (χ4n) is 4.55. The van der Waals surface area contributed by atoms with Crippen molar-refractivity contribution in [3.8, 4) is 22.9 Å². The Bertz CT molecular complexity index is 1120. The maximum absolute atomic E-state index is 13.5. The number of pyridine rings is 1. The molecule has 154 valence electrons. The third-order valence-electron chi connectivity index (χ3n) is 6.07. The molecule has 0 aliphatic carbocycles. The quantitative estimate of drug-likeness (QED) is 0.622. The molecule has 2 aliphatic heterocycles. The van der Waals surface area contributed by atoms with Crippen LogP contribution in [-0.4, -0.2) is 44.3 Å². The molecule has 2 unspecified atom stereocenters. The molecule has 0 amide bonds. The van der Waals surface area contributed by atoms with E-state index in [9.17, 15) is 14.6 Å². The summed E-state index contributed by atoms with van der Waals surface area (Å²) in [6.07, 6.45) is 5.68. The number of nitrogens with zero attached hydrogens (tertiary/aromatic N) is 3. The normalized spacial score (nSPS) is 21.1. The van der Waals surface area contributed by atoms with Crippen LogP contribution in [0.4, 0.5) is 4.39 Å². The van der Waals surface area contributed by atoms with E-state index < -0.39 is 0 Å². The van der Waals surface area contributed by atoms with Crippen molar-refractivity contribution in [3.63, 3.8) is 0 Å². The third-order valence-corrected chi connectivity index (χ3v) is 6.07. The second-order valence-corrected chi connectivity index (χ2v) is 7.78. The second-order valence-electron chi connectivity index (χ2n) is 7.78. The van der Waals surface area contributed by atoms with Gasteiger partial charge < -0.3 is 15.5 Å². The summed E-state index contributed by atoms with van der Waals surface area (Å²) in [4.78, 5) is 6.78. The average Bonchev–Trinajstić information content (AvgIpc) is 3.21. The van der Waals surface area contributed by atoms with Crippen LogP contribution in [0.1, 0.15) is 28.9 Å². The highest BCUT2D eigenvalue weighted by Crippen LogP contribution is 2.52. The average molecular weight is 406 g/mol. The summed E-state index contributed by atoms with van der Waals surface area (Å²) in [5.74, 6) is -0.0550. The van der Waals surface area contributed by atoms with Gasteiger partial charge in [-0.3, -0.25) is 14.5 Å². The minimum absolute atomic E-state index is 0.0267. The number of halogens is 1. The monoisotopic (exact) mass is 406 g/mol. The van der Waals surface area contributed by atoms with Crippen LogP contribution in [0.5, 0.6) is 11.8 Å².